The van der Waals surface area contributed by atoms with Gasteiger partial charge in [0.25, 0.3) is 0 Å². The molecule has 0 rings (SSSR count). The summed E-state index contributed by atoms with van der Waals surface area (Å²) in [6.07, 6.45) is 23.7. The number of hydrogen-bond donors (Lipinski definition) is 2. The van der Waals surface area contributed by atoms with Gasteiger partial charge in [-0.05, 0) is 50.9 Å². The van der Waals surface area contributed by atoms with Crippen molar-refractivity contribution in [1.82, 2.24) is 0 Å². The number of allylic oxidation sites excluding steroid dienone is 4. The molecule has 0 aromatic rings. The predicted octanol–water partition coefficient (Wildman–Crippen LogP) is 5.28. The van der Waals surface area contributed by atoms with Crippen LogP contribution in [0.1, 0.15) is 90.4 Å². The fourth-order valence-corrected chi connectivity index (χ4v) is 2.62. The molecule has 0 bridgehead atoms. The van der Waals surface area contributed by atoms with Gasteiger partial charge in [-0.15, -0.1) is 0 Å². The average Bonchev–Trinajstić information content (AvgIpc) is 2.57. The SMILES string of the molecule is CC(CO)CCCCC/C=C\C/C=C\CCCCCCCC(N)=O. The Morgan fingerprint density at radius 3 is 2.00 bits per heavy atom. The number of carbonyl (C=O) groups excluding carboxylic acids is 1. The minimum absolute atomic E-state index is 0.178. The first kappa shape index (κ1) is 22.9. The Bertz CT molecular complexity index is 337. The second-order valence-electron chi connectivity index (χ2n) is 6.88. The quantitative estimate of drug-likeness (QED) is 0.280. The molecule has 0 aliphatic rings. The molecule has 1 atom stereocenters. The summed E-state index contributed by atoms with van der Waals surface area (Å²) in [7, 11) is 0. The Labute approximate surface area is 149 Å². The average molecular weight is 338 g/mol. The van der Waals surface area contributed by atoms with Crippen molar-refractivity contribution in [3.8, 4) is 0 Å². The van der Waals surface area contributed by atoms with Crippen LogP contribution < -0.4 is 5.73 Å². The zero-order chi connectivity index (χ0) is 17.9. The van der Waals surface area contributed by atoms with E-state index in [1.165, 1.54) is 44.9 Å². The Balaban J connectivity index is 3.24. The van der Waals surface area contributed by atoms with E-state index in [1.54, 1.807) is 0 Å². The number of aliphatic hydroxyl groups is 1. The van der Waals surface area contributed by atoms with E-state index in [0.717, 1.165) is 32.1 Å². The highest BCUT2D eigenvalue weighted by Crippen LogP contribution is 2.10. The van der Waals surface area contributed by atoms with Gasteiger partial charge in [0.1, 0.15) is 0 Å². The minimum atomic E-state index is -0.178. The Morgan fingerprint density at radius 1 is 0.875 bits per heavy atom. The minimum Gasteiger partial charge on any atom is -0.396 e. The number of rotatable bonds is 17. The van der Waals surface area contributed by atoms with Gasteiger partial charge in [0, 0.05) is 13.0 Å². The lowest BCUT2D eigenvalue weighted by Gasteiger charge is -2.05. The van der Waals surface area contributed by atoms with Crippen LogP contribution in [-0.4, -0.2) is 17.6 Å². The summed E-state index contributed by atoms with van der Waals surface area (Å²) in [6.45, 7) is 2.43. The number of primary amides is 1. The summed E-state index contributed by atoms with van der Waals surface area (Å²) in [5.74, 6) is 0.281. The monoisotopic (exact) mass is 337 g/mol. The fraction of sp³-hybridized carbons (Fsp3) is 0.762. The zero-order valence-corrected chi connectivity index (χ0v) is 15.7. The second kappa shape index (κ2) is 18.3. The normalized spacial score (nSPS) is 13.1. The number of unbranched alkanes of at least 4 members (excludes halogenated alkanes) is 8. The van der Waals surface area contributed by atoms with Crippen LogP contribution in [0.2, 0.25) is 0 Å². The highest BCUT2D eigenvalue weighted by atomic mass is 16.3. The van der Waals surface area contributed by atoms with Gasteiger partial charge in [0.2, 0.25) is 5.91 Å². The van der Waals surface area contributed by atoms with Crippen LogP contribution in [0, 0.1) is 5.92 Å². The van der Waals surface area contributed by atoms with E-state index >= 15 is 0 Å². The summed E-state index contributed by atoms with van der Waals surface area (Å²) < 4.78 is 0. The van der Waals surface area contributed by atoms with Crippen molar-refractivity contribution in [2.24, 2.45) is 11.7 Å². The van der Waals surface area contributed by atoms with Gasteiger partial charge in [-0.3, -0.25) is 4.79 Å². The predicted molar refractivity (Wildman–Crippen MR) is 104 cm³/mol. The molecule has 0 aliphatic heterocycles. The van der Waals surface area contributed by atoms with Crippen molar-refractivity contribution in [1.29, 1.82) is 0 Å². The van der Waals surface area contributed by atoms with Crippen LogP contribution in [0.25, 0.3) is 0 Å². The Kier molecular flexibility index (Phi) is 17.4. The van der Waals surface area contributed by atoms with E-state index in [-0.39, 0.29) is 5.91 Å². The van der Waals surface area contributed by atoms with Gasteiger partial charge in [0.05, 0.1) is 0 Å². The summed E-state index contributed by atoms with van der Waals surface area (Å²) in [5, 5.41) is 8.95. The third-order valence-corrected chi connectivity index (χ3v) is 4.28. The van der Waals surface area contributed by atoms with Gasteiger partial charge < -0.3 is 10.8 Å². The third kappa shape index (κ3) is 19.0. The van der Waals surface area contributed by atoms with Crippen molar-refractivity contribution in [2.45, 2.75) is 90.4 Å². The van der Waals surface area contributed by atoms with E-state index in [4.69, 9.17) is 10.8 Å². The first-order valence-corrected chi connectivity index (χ1v) is 9.86. The maximum atomic E-state index is 10.6. The number of carbonyl (C=O) groups is 1. The molecule has 24 heavy (non-hydrogen) atoms. The van der Waals surface area contributed by atoms with E-state index in [2.05, 4.69) is 31.2 Å². The van der Waals surface area contributed by atoms with Crippen molar-refractivity contribution in [3.05, 3.63) is 24.3 Å². The number of hydrogen-bond acceptors (Lipinski definition) is 2. The number of nitrogens with two attached hydrogens (primary N) is 1. The third-order valence-electron chi connectivity index (χ3n) is 4.28. The van der Waals surface area contributed by atoms with Gasteiger partial charge in [0.15, 0.2) is 0 Å². The first-order valence-electron chi connectivity index (χ1n) is 9.86. The lowest BCUT2D eigenvalue weighted by molar-refractivity contribution is -0.118. The molecule has 0 heterocycles. The molecule has 1 amide bonds. The maximum Gasteiger partial charge on any atom is 0.217 e. The molecule has 140 valence electrons. The molecule has 0 aliphatic carbocycles. The maximum absolute atomic E-state index is 10.6. The van der Waals surface area contributed by atoms with Crippen molar-refractivity contribution in [3.63, 3.8) is 0 Å². The molecular weight excluding hydrogens is 298 g/mol. The molecule has 0 saturated heterocycles. The highest BCUT2D eigenvalue weighted by Gasteiger charge is 1.98. The molecule has 0 radical (unpaired) electrons. The lowest BCUT2D eigenvalue weighted by Crippen LogP contribution is -2.09. The molecule has 0 aromatic heterocycles. The smallest absolute Gasteiger partial charge is 0.217 e. The first-order chi connectivity index (χ1) is 11.7. The van der Waals surface area contributed by atoms with E-state index in [1.807, 2.05) is 0 Å². The van der Waals surface area contributed by atoms with Gasteiger partial charge in [-0.1, -0.05) is 63.3 Å². The standard InChI is InChI=1S/C21H39NO2/c1-20(19-23)17-15-13-11-9-7-5-3-2-4-6-8-10-12-14-16-18-21(22)24/h2,4-5,7,20,23H,3,6,8-19H2,1H3,(H2,22,24)/b4-2-,7-5-. The summed E-state index contributed by atoms with van der Waals surface area (Å²) >= 11 is 0. The molecule has 0 saturated carbocycles. The molecule has 3 nitrogen and oxygen atoms in total. The number of aliphatic hydroxyl groups excluding tert-OH is 1. The number of amides is 1. The summed E-state index contributed by atoms with van der Waals surface area (Å²) in [4.78, 5) is 10.6. The molecule has 3 heteroatoms. The Morgan fingerprint density at radius 2 is 1.42 bits per heavy atom. The van der Waals surface area contributed by atoms with Crippen LogP contribution in [0.4, 0.5) is 0 Å². The van der Waals surface area contributed by atoms with Crippen LogP contribution in [-0.2, 0) is 4.79 Å². The van der Waals surface area contributed by atoms with Gasteiger partial charge in [-0.25, -0.2) is 0 Å². The van der Waals surface area contributed by atoms with Crippen LogP contribution in [0.15, 0.2) is 24.3 Å². The van der Waals surface area contributed by atoms with Crippen molar-refractivity contribution >= 4 is 5.91 Å². The van der Waals surface area contributed by atoms with Crippen LogP contribution in [0.5, 0.6) is 0 Å². The summed E-state index contributed by atoms with van der Waals surface area (Å²) in [5.41, 5.74) is 5.11. The van der Waals surface area contributed by atoms with E-state index in [9.17, 15) is 4.79 Å². The topological polar surface area (TPSA) is 63.3 Å². The zero-order valence-electron chi connectivity index (χ0n) is 15.7. The van der Waals surface area contributed by atoms with Crippen LogP contribution in [0.3, 0.4) is 0 Å². The molecule has 0 fully saturated rings. The molecular formula is C21H39NO2. The Hall–Kier alpha value is -1.09. The molecule has 3 N–H and O–H groups in total. The highest BCUT2D eigenvalue weighted by molar-refractivity contribution is 5.73. The second-order valence-corrected chi connectivity index (χ2v) is 6.88. The van der Waals surface area contributed by atoms with E-state index < -0.39 is 0 Å². The van der Waals surface area contributed by atoms with Gasteiger partial charge >= 0.3 is 0 Å². The lowest BCUT2D eigenvalue weighted by atomic mass is 10.0. The van der Waals surface area contributed by atoms with Gasteiger partial charge in [-0.2, -0.15) is 0 Å². The van der Waals surface area contributed by atoms with Crippen molar-refractivity contribution in [2.75, 3.05) is 6.61 Å². The molecule has 0 aromatic carbocycles. The van der Waals surface area contributed by atoms with Crippen LogP contribution >= 0.6 is 0 Å². The molecule has 0 spiro atoms. The van der Waals surface area contributed by atoms with Crippen molar-refractivity contribution < 1.29 is 9.90 Å². The summed E-state index contributed by atoms with van der Waals surface area (Å²) in [6, 6.07) is 0. The largest absolute Gasteiger partial charge is 0.396 e. The fourth-order valence-electron chi connectivity index (χ4n) is 2.62. The van der Waals surface area contributed by atoms with E-state index in [0.29, 0.717) is 18.9 Å². The molecule has 1 unspecified atom stereocenters.